The first kappa shape index (κ1) is 18.4. The van der Waals surface area contributed by atoms with Crippen molar-refractivity contribution in [1.82, 2.24) is 10.2 Å². The molecule has 1 heterocycles. The van der Waals surface area contributed by atoms with E-state index in [9.17, 15) is 8.42 Å². The van der Waals surface area contributed by atoms with Crippen LogP contribution in [0.4, 0.5) is 0 Å². The Hall–Kier alpha value is -2.36. The third kappa shape index (κ3) is 4.84. The number of rotatable bonds is 7. The Balaban J connectivity index is 1.49. The second kappa shape index (κ2) is 7.90. The van der Waals surface area contributed by atoms with Crippen molar-refractivity contribution >= 4 is 21.8 Å². The number of ether oxygens (including phenoxy) is 1. The topological polar surface area (TPSA) is 108 Å². The monoisotopic (exact) mass is 391 g/mol. The Bertz CT molecular complexity index is 968. The van der Waals surface area contributed by atoms with Crippen molar-refractivity contribution in [3.05, 3.63) is 54.1 Å². The molecule has 136 valence electrons. The van der Waals surface area contributed by atoms with Crippen LogP contribution in [0.3, 0.4) is 0 Å². The zero-order valence-corrected chi connectivity index (χ0v) is 15.6. The van der Waals surface area contributed by atoms with E-state index in [0.29, 0.717) is 29.2 Å². The van der Waals surface area contributed by atoms with Gasteiger partial charge in [-0.3, -0.25) is 0 Å². The number of nitrogens with zero attached hydrogens (tertiary/aromatic N) is 2. The van der Waals surface area contributed by atoms with Gasteiger partial charge in [-0.05, 0) is 43.3 Å². The van der Waals surface area contributed by atoms with E-state index in [-0.39, 0.29) is 4.90 Å². The van der Waals surface area contributed by atoms with Gasteiger partial charge >= 0.3 is 0 Å². The van der Waals surface area contributed by atoms with Gasteiger partial charge in [0.15, 0.2) is 0 Å². The summed E-state index contributed by atoms with van der Waals surface area (Å²) in [5.74, 6) is 1.64. The number of hydrogen-bond acceptors (Lipinski definition) is 7. The third-order valence-electron chi connectivity index (χ3n) is 3.43. The Morgan fingerprint density at radius 1 is 1.08 bits per heavy atom. The molecule has 0 saturated carbocycles. The van der Waals surface area contributed by atoms with Crippen molar-refractivity contribution in [1.29, 1.82) is 0 Å². The molecular weight excluding hydrogens is 374 g/mol. The maximum absolute atomic E-state index is 11.2. The first-order valence-electron chi connectivity index (χ1n) is 7.71. The Labute approximate surface area is 155 Å². The molecule has 0 aliphatic carbocycles. The SMILES string of the molecule is Cc1ccc(-c2nnc(SCCOc3ccc(S(N)(=O)=O)cc3)o2)cc1. The Morgan fingerprint density at radius 3 is 2.42 bits per heavy atom. The van der Waals surface area contributed by atoms with E-state index in [1.807, 2.05) is 31.2 Å². The van der Waals surface area contributed by atoms with Crippen LogP contribution in [0.5, 0.6) is 5.75 Å². The van der Waals surface area contributed by atoms with E-state index in [1.165, 1.54) is 23.9 Å². The molecule has 26 heavy (non-hydrogen) atoms. The van der Waals surface area contributed by atoms with Crippen molar-refractivity contribution in [2.45, 2.75) is 17.0 Å². The summed E-state index contributed by atoms with van der Waals surface area (Å²) in [6.45, 7) is 2.42. The van der Waals surface area contributed by atoms with Crippen LogP contribution >= 0.6 is 11.8 Å². The summed E-state index contributed by atoms with van der Waals surface area (Å²) in [4.78, 5) is 0.0497. The van der Waals surface area contributed by atoms with E-state index >= 15 is 0 Å². The normalized spacial score (nSPS) is 11.5. The summed E-state index contributed by atoms with van der Waals surface area (Å²) in [6.07, 6.45) is 0. The second-order valence-corrected chi connectivity index (χ2v) is 8.06. The quantitative estimate of drug-likeness (QED) is 0.487. The molecule has 0 aliphatic heterocycles. The molecule has 0 spiro atoms. The smallest absolute Gasteiger partial charge is 0.276 e. The Kier molecular flexibility index (Phi) is 5.60. The fourth-order valence-corrected chi connectivity index (χ4v) is 3.19. The summed E-state index contributed by atoms with van der Waals surface area (Å²) in [6, 6.07) is 13.8. The van der Waals surface area contributed by atoms with Gasteiger partial charge in [-0.25, -0.2) is 13.6 Å². The van der Waals surface area contributed by atoms with Crippen LogP contribution in [0.2, 0.25) is 0 Å². The van der Waals surface area contributed by atoms with Gasteiger partial charge in [0.2, 0.25) is 15.9 Å². The van der Waals surface area contributed by atoms with Gasteiger partial charge in [0, 0.05) is 11.3 Å². The van der Waals surface area contributed by atoms with Gasteiger partial charge in [-0.2, -0.15) is 0 Å². The molecule has 0 atom stereocenters. The molecule has 0 amide bonds. The lowest BCUT2D eigenvalue weighted by Gasteiger charge is -2.05. The fourth-order valence-electron chi connectivity index (χ4n) is 2.09. The minimum atomic E-state index is -3.69. The number of sulfonamides is 1. The zero-order chi connectivity index (χ0) is 18.6. The molecule has 1 aromatic heterocycles. The fraction of sp³-hybridized carbons (Fsp3) is 0.176. The molecule has 3 rings (SSSR count). The summed E-state index contributed by atoms with van der Waals surface area (Å²) in [5, 5.41) is 13.6. The van der Waals surface area contributed by atoms with Gasteiger partial charge in [-0.15, -0.1) is 10.2 Å². The maximum atomic E-state index is 11.2. The van der Waals surface area contributed by atoms with Gasteiger partial charge in [-0.1, -0.05) is 29.5 Å². The van der Waals surface area contributed by atoms with E-state index < -0.39 is 10.0 Å². The van der Waals surface area contributed by atoms with Gasteiger partial charge < -0.3 is 9.15 Å². The maximum Gasteiger partial charge on any atom is 0.276 e. The predicted octanol–water partition coefficient (Wildman–Crippen LogP) is 2.86. The third-order valence-corrected chi connectivity index (χ3v) is 5.15. The highest BCUT2D eigenvalue weighted by molar-refractivity contribution is 7.99. The molecule has 0 aliphatic rings. The highest BCUT2D eigenvalue weighted by Crippen LogP contribution is 2.23. The van der Waals surface area contributed by atoms with Crippen molar-refractivity contribution < 1.29 is 17.6 Å². The Morgan fingerprint density at radius 2 is 1.77 bits per heavy atom. The average Bonchev–Trinajstić information content (AvgIpc) is 3.08. The van der Waals surface area contributed by atoms with Gasteiger partial charge in [0.1, 0.15) is 5.75 Å². The lowest BCUT2D eigenvalue weighted by atomic mass is 10.1. The molecule has 0 unspecified atom stereocenters. The molecule has 2 N–H and O–H groups in total. The molecule has 0 bridgehead atoms. The number of nitrogens with two attached hydrogens (primary N) is 1. The summed E-state index contributed by atoms with van der Waals surface area (Å²) >= 11 is 1.38. The zero-order valence-electron chi connectivity index (χ0n) is 14.0. The van der Waals surface area contributed by atoms with Crippen LogP contribution in [-0.4, -0.2) is 31.0 Å². The first-order chi connectivity index (χ1) is 12.4. The minimum absolute atomic E-state index is 0.0497. The summed E-state index contributed by atoms with van der Waals surface area (Å²) in [7, 11) is -3.69. The van der Waals surface area contributed by atoms with Crippen molar-refractivity contribution in [3.8, 4) is 17.2 Å². The van der Waals surface area contributed by atoms with Crippen molar-refractivity contribution in [2.75, 3.05) is 12.4 Å². The minimum Gasteiger partial charge on any atom is -0.493 e. The van der Waals surface area contributed by atoms with E-state index in [4.69, 9.17) is 14.3 Å². The number of primary sulfonamides is 1. The largest absolute Gasteiger partial charge is 0.493 e. The lowest BCUT2D eigenvalue weighted by molar-refractivity contribution is 0.343. The molecule has 7 nitrogen and oxygen atoms in total. The molecule has 0 radical (unpaired) electrons. The number of aromatic nitrogens is 2. The lowest BCUT2D eigenvalue weighted by Crippen LogP contribution is -2.11. The van der Waals surface area contributed by atoms with E-state index in [1.54, 1.807) is 12.1 Å². The average molecular weight is 391 g/mol. The highest BCUT2D eigenvalue weighted by atomic mass is 32.2. The summed E-state index contributed by atoms with van der Waals surface area (Å²) < 4.78 is 33.6. The van der Waals surface area contributed by atoms with Gasteiger partial charge in [0.05, 0.1) is 11.5 Å². The van der Waals surface area contributed by atoms with Crippen LogP contribution in [0.1, 0.15) is 5.56 Å². The molecule has 3 aromatic rings. The molecule has 9 heteroatoms. The molecule has 2 aromatic carbocycles. The molecule has 0 fully saturated rings. The van der Waals surface area contributed by atoms with Crippen LogP contribution in [-0.2, 0) is 10.0 Å². The highest BCUT2D eigenvalue weighted by Gasteiger charge is 2.09. The van der Waals surface area contributed by atoms with Crippen LogP contribution in [0.15, 0.2) is 63.1 Å². The molecular formula is C17H17N3O4S2. The number of thioether (sulfide) groups is 1. The van der Waals surface area contributed by atoms with Crippen molar-refractivity contribution in [2.24, 2.45) is 5.14 Å². The summed E-state index contributed by atoms with van der Waals surface area (Å²) in [5.41, 5.74) is 2.04. The number of benzene rings is 2. The van der Waals surface area contributed by atoms with Crippen LogP contribution < -0.4 is 9.88 Å². The van der Waals surface area contributed by atoms with Gasteiger partial charge in [0.25, 0.3) is 5.22 Å². The van der Waals surface area contributed by atoms with Crippen LogP contribution in [0, 0.1) is 6.92 Å². The van der Waals surface area contributed by atoms with Crippen LogP contribution in [0.25, 0.3) is 11.5 Å². The van der Waals surface area contributed by atoms with E-state index in [0.717, 1.165) is 11.1 Å². The standard InChI is InChI=1S/C17H17N3O4S2/c1-12-2-4-13(5-3-12)16-19-20-17(24-16)25-11-10-23-14-6-8-15(9-7-14)26(18,21)22/h2-9H,10-11H2,1H3,(H2,18,21,22). The number of hydrogen-bond donors (Lipinski definition) is 1. The van der Waals surface area contributed by atoms with Crippen molar-refractivity contribution in [3.63, 3.8) is 0 Å². The van der Waals surface area contributed by atoms with E-state index in [2.05, 4.69) is 10.2 Å². The predicted molar refractivity (Wildman–Crippen MR) is 98.5 cm³/mol. The second-order valence-electron chi connectivity index (χ2n) is 5.45. The molecule has 0 saturated heterocycles. The number of aryl methyl sites for hydroxylation is 1. The first-order valence-corrected chi connectivity index (χ1v) is 10.2.